The minimum Gasteiger partial charge on any atom is -0.504 e. The van der Waals surface area contributed by atoms with Crippen LogP contribution in [0.1, 0.15) is 15.9 Å². The fraction of sp³-hybridized carbons (Fsp3) is 0. The van der Waals surface area contributed by atoms with Crippen LogP contribution in [0.3, 0.4) is 0 Å². The number of rotatable bonds is 3. The van der Waals surface area contributed by atoms with Crippen LogP contribution < -0.4 is 0 Å². The molecule has 0 aromatic heterocycles. The number of ketones is 1. The first-order valence-electron chi connectivity index (χ1n) is 5.85. The van der Waals surface area contributed by atoms with E-state index >= 15 is 0 Å². The summed E-state index contributed by atoms with van der Waals surface area (Å²) in [6.45, 7) is 0. The van der Waals surface area contributed by atoms with Gasteiger partial charge in [-0.2, -0.15) is 0 Å². The topological polar surface area (TPSA) is 66.7 Å². The SMILES string of the molecule is O=Nc1c(F)c(O)c(C(=O)c2c(F)c(F)c(F)c(F)c2F)c(F)c1F. The van der Waals surface area contributed by atoms with E-state index in [0.717, 1.165) is 0 Å². The van der Waals surface area contributed by atoms with Gasteiger partial charge in [0.1, 0.15) is 11.1 Å². The molecule has 2 rings (SSSR count). The normalized spacial score (nSPS) is 10.9. The molecular formula is C13HF8NO3. The second-order valence-corrected chi connectivity index (χ2v) is 4.38. The molecule has 0 aliphatic carbocycles. The summed E-state index contributed by atoms with van der Waals surface area (Å²) in [5.41, 5.74) is -6.26. The maximum Gasteiger partial charge on any atom is 0.206 e. The number of carbonyl (C=O) groups excluding carboxylic acids is 1. The van der Waals surface area contributed by atoms with Crippen LogP contribution in [-0.4, -0.2) is 10.9 Å². The van der Waals surface area contributed by atoms with Crippen LogP contribution >= 0.6 is 0 Å². The van der Waals surface area contributed by atoms with Crippen molar-refractivity contribution in [3.05, 3.63) is 62.6 Å². The fourth-order valence-corrected chi connectivity index (χ4v) is 1.85. The number of phenolic OH excluding ortho intramolecular Hbond substituents is 1. The number of phenols is 1. The molecule has 0 radical (unpaired) electrons. The lowest BCUT2D eigenvalue weighted by Gasteiger charge is -2.11. The molecule has 25 heavy (non-hydrogen) atoms. The van der Waals surface area contributed by atoms with Gasteiger partial charge in [0, 0.05) is 0 Å². The van der Waals surface area contributed by atoms with Gasteiger partial charge >= 0.3 is 0 Å². The molecule has 0 saturated heterocycles. The van der Waals surface area contributed by atoms with Gasteiger partial charge in [0.2, 0.25) is 11.6 Å². The number of carbonyl (C=O) groups is 1. The molecule has 2 aromatic carbocycles. The lowest BCUT2D eigenvalue weighted by molar-refractivity contribution is 0.101. The van der Waals surface area contributed by atoms with E-state index in [1.807, 2.05) is 0 Å². The van der Waals surface area contributed by atoms with Gasteiger partial charge in [-0.25, -0.2) is 35.1 Å². The molecule has 0 fully saturated rings. The second-order valence-electron chi connectivity index (χ2n) is 4.38. The van der Waals surface area contributed by atoms with Crippen LogP contribution in [0.2, 0.25) is 0 Å². The van der Waals surface area contributed by atoms with Crippen LogP contribution in [0.15, 0.2) is 5.18 Å². The molecule has 0 spiro atoms. The molecule has 12 heteroatoms. The van der Waals surface area contributed by atoms with E-state index in [2.05, 4.69) is 0 Å². The highest BCUT2D eigenvalue weighted by Crippen LogP contribution is 2.37. The van der Waals surface area contributed by atoms with Gasteiger partial charge in [0.05, 0.1) is 0 Å². The monoisotopic (exact) mass is 371 g/mol. The van der Waals surface area contributed by atoms with Crippen molar-refractivity contribution in [2.24, 2.45) is 5.18 Å². The van der Waals surface area contributed by atoms with Crippen LogP contribution in [0.5, 0.6) is 5.75 Å². The van der Waals surface area contributed by atoms with Crippen molar-refractivity contribution >= 4 is 11.5 Å². The molecule has 0 bridgehead atoms. The highest BCUT2D eigenvalue weighted by molar-refractivity contribution is 6.11. The third-order valence-electron chi connectivity index (χ3n) is 3.03. The van der Waals surface area contributed by atoms with E-state index < -0.39 is 74.9 Å². The predicted octanol–water partition coefficient (Wildman–Crippen LogP) is 4.13. The maximum atomic E-state index is 13.7. The van der Waals surface area contributed by atoms with Crippen LogP contribution in [0, 0.1) is 51.4 Å². The Hall–Kier alpha value is -3.05. The highest BCUT2D eigenvalue weighted by Gasteiger charge is 2.36. The molecule has 0 saturated carbocycles. The molecule has 4 nitrogen and oxygen atoms in total. The minimum absolute atomic E-state index is 1.71. The smallest absolute Gasteiger partial charge is 0.206 e. The Kier molecular flexibility index (Phi) is 4.47. The first kappa shape index (κ1) is 18.3. The maximum absolute atomic E-state index is 13.7. The number of aromatic hydroxyl groups is 1. The first-order chi connectivity index (χ1) is 11.6. The summed E-state index contributed by atoms with van der Waals surface area (Å²) >= 11 is 0. The van der Waals surface area contributed by atoms with Crippen molar-refractivity contribution in [3.8, 4) is 5.75 Å². The molecular weight excluding hydrogens is 370 g/mol. The first-order valence-corrected chi connectivity index (χ1v) is 5.85. The number of benzene rings is 2. The number of nitroso groups, excluding NO2 is 1. The third kappa shape index (κ3) is 2.49. The van der Waals surface area contributed by atoms with E-state index in [9.17, 15) is 49.9 Å². The van der Waals surface area contributed by atoms with Crippen molar-refractivity contribution in [1.29, 1.82) is 0 Å². The molecule has 0 amide bonds. The number of nitrogens with zero attached hydrogens (tertiary/aromatic N) is 1. The van der Waals surface area contributed by atoms with Gasteiger partial charge in [-0.3, -0.25) is 4.79 Å². The zero-order valence-corrected chi connectivity index (χ0v) is 11.2. The van der Waals surface area contributed by atoms with E-state index in [4.69, 9.17) is 0 Å². The Bertz CT molecular complexity index is 886. The summed E-state index contributed by atoms with van der Waals surface area (Å²) in [6.07, 6.45) is 0. The zero-order valence-electron chi connectivity index (χ0n) is 11.2. The summed E-state index contributed by atoms with van der Waals surface area (Å²) in [6, 6.07) is 0. The van der Waals surface area contributed by atoms with Crippen molar-refractivity contribution < 1.29 is 45.0 Å². The summed E-state index contributed by atoms with van der Waals surface area (Å²) < 4.78 is 107. The minimum atomic E-state index is -2.67. The summed E-state index contributed by atoms with van der Waals surface area (Å²) in [7, 11) is 0. The van der Waals surface area contributed by atoms with Crippen molar-refractivity contribution in [2.75, 3.05) is 0 Å². The predicted molar refractivity (Wildman–Crippen MR) is 63.1 cm³/mol. The Morgan fingerprint density at radius 1 is 0.640 bits per heavy atom. The van der Waals surface area contributed by atoms with Gasteiger partial charge in [-0.15, -0.1) is 4.91 Å². The zero-order chi connectivity index (χ0) is 19.2. The standard InChI is InChI=1S/C13HF8NO3/c14-3-1(4(15)7(18)8(19)6(3)17)12(23)2-5(16)9(20)11(22-25)10(21)13(2)24/h24H. The van der Waals surface area contributed by atoms with Crippen LogP contribution in [0.25, 0.3) is 0 Å². The van der Waals surface area contributed by atoms with Gasteiger partial charge in [0.25, 0.3) is 0 Å². The molecule has 132 valence electrons. The molecule has 0 aliphatic heterocycles. The Balaban J connectivity index is 2.88. The molecule has 0 heterocycles. The van der Waals surface area contributed by atoms with E-state index in [-0.39, 0.29) is 0 Å². The number of hydrogen-bond donors (Lipinski definition) is 1. The van der Waals surface area contributed by atoms with Crippen molar-refractivity contribution in [1.82, 2.24) is 0 Å². The average molecular weight is 371 g/mol. The van der Waals surface area contributed by atoms with Gasteiger partial charge in [-0.05, 0) is 5.18 Å². The van der Waals surface area contributed by atoms with Crippen LogP contribution in [-0.2, 0) is 0 Å². The van der Waals surface area contributed by atoms with Crippen molar-refractivity contribution in [3.63, 3.8) is 0 Å². The quantitative estimate of drug-likeness (QED) is 0.290. The highest BCUT2D eigenvalue weighted by atomic mass is 19.2. The molecule has 0 atom stereocenters. The summed E-state index contributed by atoms with van der Waals surface area (Å²) in [5.74, 6) is -25.0. The molecule has 1 N–H and O–H groups in total. The van der Waals surface area contributed by atoms with Crippen LogP contribution in [0.4, 0.5) is 40.8 Å². The van der Waals surface area contributed by atoms with Gasteiger partial charge in [0.15, 0.2) is 52.2 Å². The Labute approximate surface area is 131 Å². The van der Waals surface area contributed by atoms with E-state index in [0.29, 0.717) is 0 Å². The fourth-order valence-electron chi connectivity index (χ4n) is 1.85. The lowest BCUT2D eigenvalue weighted by atomic mass is 9.99. The van der Waals surface area contributed by atoms with Gasteiger partial charge in [-0.1, -0.05) is 0 Å². The summed E-state index contributed by atoms with van der Waals surface area (Å²) in [5, 5.41) is 11.0. The second kappa shape index (κ2) is 6.11. The summed E-state index contributed by atoms with van der Waals surface area (Å²) in [4.78, 5) is 22.1. The number of halogens is 8. The molecule has 2 aromatic rings. The largest absolute Gasteiger partial charge is 0.504 e. The third-order valence-corrected chi connectivity index (χ3v) is 3.03. The Morgan fingerprint density at radius 2 is 1.04 bits per heavy atom. The van der Waals surface area contributed by atoms with Crippen molar-refractivity contribution in [2.45, 2.75) is 0 Å². The molecule has 0 unspecified atom stereocenters. The Morgan fingerprint density at radius 3 is 1.48 bits per heavy atom. The van der Waals surface area contributed by atoms with E-state index in [1.165, 1.54) is 0 Å². The molecule has 0 aliphatic rings. The van der Waals surface area contributed by atoms with E-state index in [1.54, 1.807) is 5.18 Å². The van der Waals surface area contributed by atoms with Gasteiger partial charge < -0.3 is 5.11 Å². The number of hydrogen-bond acceptors (Lipinski definition) is 4. The lowest BCUT2D eigenvalue weighted by Crippen LogP contribution is -2.16. The average Bonchev–Trinajstić information content (AvgIpc) is 2.57.